The van der Waals surface area contributed by atoms with Crippen molar-refractivity contribution in [3.63, 3.8) is 0 Å². The lowest BCUT2D eigenvalue weighted by atomic mass is 9.97. The molecule has 0 bridgehead atoms. The van der Waals surface area contributed by atoms with Crippen molar-refractivity contribution in [3.05, 3.63) is 35.4 Å². The van der Waals surface area contributed by atoms with Crippen LogP contribution in [0.25, 0.3) is 6.08 Å². The predicted octanol–water partition coefficient (Wildman–Crippen LogP) is 1.12. The maximum atomic E-state index is 11.9. The van der Waals surface area contributed by atoms with Gasteiger partial charge in [0, 0.05) is 5.56 Å². The Morgan fingerprint density at radius 3 is 2.39 bits per heavy atom. The first-order valence-electron chi connectivity index (χ1n) is 10.0. The van der Waals surface area contributed by atoms with E-state index in [1.54, 1.807) is 45.1 Å². The van der Waals surface area contributed by atoms with Gasteiger partial charge in [-0.3, -0.25) is 4.79 Å². The highest BCUT2D eigenvalue weighted by Gasteiger charge is 2.48. The second kappa shape index (κ2) is 10.2. The highest BCUT2D eigenvalue weighted by molar-refractivity contribution is 5.75. The lowest BCUT2D eigenvalue weighted by Crippen LogP contribution is -2.61. The zero-order valence-corrected chi connectivity index (χ0v) is 18.0. The van der Waals surface area contributed by atoms with Gasteiger partial charge < -0.3 is 34.6 Å². The van der Waals surface area contributed by atoms with E-state index < -0.39 is 42.1 Å². The number of hydrogen-bond donors (Lipinski definition) is 4. The Hall–Kier alpha value is -2.46. The summed E-state index contributed by atoms with van der Waals surface area (Å²) in [4.78, 5) is 23.1. The van der Waals surface area contributed by atoms with E-state index in [1.807, 2.05) is 13.0 Å². The second-order valence-corrected chi connectivity index (χ2v) is 8.33. The molecular formula is C22H30O9. The number of hydrogen-bond acceptors (Lipinski definition) is 8. The summed E-state index contributed by atoms with van der Waals surface area (Å²) in [7, 11) is 0. The number of carbonyl (C=O) groups is 2. The van der Waals surface area contributed by atoms with Gasteiger partial charge in [0.05, 0.1) is 5.41 Å². The molecule has 1 aliphatic rings. The predicted molar refractivity (Wildman–Crippen MR) is 110 cm³/mol. The fraction of sp³-hybridized carbons (Fsp3) is 0.545. The Balaban J connectivity index is 2.20. The first-order valence-corrected chi connectivity index (χ1v) is 10.0. The fourth-order valence-corrected chi connectivity index (χ4v) is 2.83. The van der Waals surface area contributed by atoms with E-state index in [2.05, 4.69) is 0 Å². The molecule has 9 nitrogen and oxygen atoms in total. The summed E-state index contributed by atoms with van der Waals surface area (Å²) in [5.41, 5.74) is 0.852. The SMILES string of the molecule is CCc1ccc(/C=C/COC(=O)C(C)(C)C)c(O[C@@H]2O[C@H](C(=O)O)C(O)[C@H](O)[C@H]2O)c1. The summed E-state index contributed by atoms with van der Waals surface area (Å²) in [6.07, 6.45) is -4.53. The molecule has 1 aliphatic heterocycles. The molecule has 4 N–H and O–H groups in total. The number of rotatable bonds is 7. The van der Waals surface area contributed by atoms with Gasteiger partial charge in [-0.2, -0.15) is 0 Å². The molecule has 0 radical (unpaired) electrons. The van der Waals surface area contributed by atoms with Crippen LogP contribution in [0.1, 0.15) is 38.8 Å². The molecule has 31 heavy (non-hydrogen) atoms. The second-order valence-electron chi connectivity index (χ2n) is 8.33. The first kappa shape index (κ1) is 24.8. The zero-order chi connectivity index (χ0) is 23.3. The van der Waals surface area contributed by atoms with Crippen molar-refractivity contribution < 1.29 is 44.2 Å². The highest BCUT2D eigenvalue weighted by atomic mass is 16.7. The number of aliphatic carboxylic acids is 1. The van der Waals surface area contributed by atoms with Crippen LogP contribution in [0.5, 0.6) is 5.75 Å². The fourth-order valence-electron chi connectivity index (χ4n) is 2.83. The number of carboxylic acids is 1. The Bertz CT molecular complexity index is 812. The molecule has 0 aliphatic carbocycles. The van der Waals surface area contributed by atoms with Crippen molar-refractivity contribution in [2.75, 3.05) is 6.61 Å². The van der Waals surface area contributed by atoms with Gasteiger partial charge in [0.2, 0.25) is 6.29 Å². The van der Waals surface area contributed by atoms with Crippen molar-refractivity contribution in [1.82, 2.24) is 0 Å². The smallest absolute Gasteiger partial charge is 0.335 e. The van der Waals surface area contributed by atoms with Crippen molar-refractivity contribution in [3.8, 4) is 5.75 Å². The molecule has 2 rings (SSSR count). The standard InChI is InChI=1S/C22H30O9/c1-5-12-8-9-13(7-6-10-29-21(28)22(2,3)4)14(11-12)30-20-17(25)15(23)16(24)18(31-20)19(26)27/h6-9,11,15-18,20,23-25H,5,10H2,1-4H3,(H,26,27)/b7-6+/t15-,16?,17+,18-,20+/m0/s1. The number of carbonyl (C=O) groups excluding carboxylic acids is 1. The van der Waals surface area contributed by atoms with Gasteiger partial charge >= 0.3 is 11.9 Å². The topological polar surface area (TPSA) is 143 Å². The van der Waals surface area contributed by atoms with E-state index in [1.165, 1.54) is 0 Å². The zero-order valence-electron chi connectivity index (χ0n) is 18.0. The van der Waals surface area contributed by atoms with Crippen molar-refractivity contribution >= 4 is 18.0 Å². The molecule has 172 valence electrons. The maximum absolute atomic E-state index is 11.9. The van der Waals surface area contributed by atoms with Crippen molar-refractivity contribution in [2.24, 2.45) is 5.41 Å². The molecule has 1 aromatic carbocycles. The Kier molecular flexibility index (Phi) is 8.19. The van der Waals surface area contributed by atoms with Gasteiger partial charge in [0.1, 0.15) is 30.7 Å². The molecular weight excluding hydrogens is 408 g/mol. The summed E-state index contributed by atoms with van der Waals surface area (Å²) < 4.78 is 16.1. The molecule has 0 aromatic heterocycles. The van der Waals surface area contributed by atoms with Crippen molar-refractivity contribution in [1.29, 1.82) is 0 Å². The molecule has 1 aromatic rings. The van der Waals surface area contributed by atoms with Gasteiger partial charge in [-0.1, -0.05) is 25.1 Å². The number of aliphatic hydroxyl groups is 3. The van der Waals surface area contributed by atoms with Gasteiger partial charge in [-0.15, -0.1) is 0 Å². The number of benzene rings is 1. The normalized spacial score (nSPS) is 26.6. The number of aryl methyl sites for hydroxylation is 1. The molecule has 0 saturated carbocycles. The summed E-state index contributed by atoms with van der Waals surface area (Å²) >= 11 is 0. The third-order valence-electron chi connectivity index (χ3n) is 4.76. The molecule has 1 unspecified atom stereocenters. The molecule has 9 heteroatoms. The summed E-state index contributed by atoms with van der Waals surface area (Å²) in [5, 5.41) is 39.2. The summed E-state index contributed by atoms with van der Waals surface area (Å²) in [6.45, 7) is 7.23. The molecule has 1 saturated heterocycles. The Labute approximate surface area is 180 Å². The van der Waals surface area contributed by atoms with E-state index >= 15 is 0 Å². The van der Waals surface area contributed by atoms with Crippen LogP contribution in [0.2, 0.25) is 0 Å². The number of carboxylic acid groups (broad SMARTS) is 1. The summed E-state index contributed by atoms with van der Waals surface area (Å²) in [6, 6.07) is 5.32. The lowest BCUT2D eigenvalue weighted by Gasteiger charge is -2.38. The van der Waals surface area contributed by atoms with E-state index in [9.17, 15) is 30.0 Å². The monoisotopic (exact) mass is 438 g/mol. The highest BCUT2D eigenvalue weighted by Crippen LogP contribution is 2.29. The maximum Gasteiger partial charge on any atom is 0.335 e. The minimum Gasteiger partial charge on any atom is -0.479 e. The summed E-state index contributed by atoms with van der Waals surface area (Å²) in [5.74, 6) is -1.56. The van der Waals surface area contributed by atoms with Crippen LogP contribution in [-0.4, -0.2) is 69.7 Å². The third kappa shape index (κ3) is 6.27. The van der Waals surface area contributed by atoms with Crippen LogP contribution < -0.4 is 4.74 Å². The molecule has 1 heterocycles. The lowest BCUT2D eigenvalue weighted by molar-refractivity contribution is -0.271. The van der Waals surface area contributed by atoms with E-state index in [-0.39, 0.29) is 18.3 Å². The van der Waals surface area contributed by atoms with Gasteiger partial charge in [-0.25, -0.2) is 4.79 Å². The van der Waals surface area contributed by atoms with Gasteiger partial charge in [0.15, 0.2) is 6.10 Å². The molecule has 5 atom stereocenters. The average Bonchev–Trinajstić information content (AvgIpc) is 2.71. The average molecular weight is 438 g/mol. The van der Waals surface area contributed by atoms with E-state index in [0.717, 1.165) is 5.56 Å². The minimum absolute atomic E-state index is 0.0413. The molecule has 1 fully saturated rings. The largest absolute Gasteiger partial charge is 0.479 e. The third-order valence-corrected chi connectivity index (χ3v) is 4.76. The number of esters is 1. The van der Waals surface area contributed by atoms with Crippen LogP contribution in [0.15, 0.2) is 24.3 Å². The van der Waals surface area contributed by atoms with E-state index in [4.69, 9.17) is 14.2 Å². The van der Waals surface area contributed by atoms with Crippen LogP contribution in [0.4, 0.5) is 0 Å². The Morgan fingerprint density at radius 2 is 1.81 bits per heavy atom. The van der Waals surface area contributed by atoms with Crippen molar-refractivity contribution in [2.45, 2.75) is 64.8 Å². The van der Waals surface area contributed by atoms with E-state index in [0.29, 0.717) is 12.0 Å². The Morgan fingerprint density at radius 1 is 1.13 bits per heavy atom. The first-order chi connectivity index (χ1) is 14.5. The van der Waals surface area contributed by atoms with Gasteiger partial charge in [-0.05, 0) is 44.9 Å². The quantitative estimate of drug-likeness (QED) is 0.461. The molecule has 0 amide bonds. The van der Waals surface area contributed by atoms with Gasteiger partial charge in [0.25, 0.3) is 0 Å². The molecule has 0 spiro atoms. The number of ether oxygens (including phenoxy) is 3. The van der Waals surface area contributed by atoms with Crippen LogP contribution in [-0.2, 0) is 25.5 Å². The number of aliphatic hydroxyl groups excluding tert-OH is 3. The van der Waals surface area contributed by atoms with Crippen LogP contribution in [0, 0.1) is 5.41 Å². The van der Waals surface area contributed by atoms with Crippen LogP contribution >= 0.6 is 0 Å². The van der Waals surface area contributed by atoms with Crippen LogP contribution in [0.3, 0.4) is 0 Å². The minimum atomic E-state index is -1.80.